The molecule has 0 radical (unpaired) electrons. The lowest BCUT2D eigenvalue weighted by molar-refractivity contribution is 0.286. The molecule has 0 amide bonds. The van der Waals surface area contributed by atoms with Gasteiger partial charge in [-0.2, -0.15) is 0 Å². The molecule has 3 rings (SSSR count). The van der Waals surface area contributed by atoms with E-state index in [0.29, 0.717) is 17.3 Å². The van der Waals surface area contributed by atoms with Gasteiger partial charge in [0, 0.05) is 10.7 Å². The van der Waals surface area contributed by atoms with Crippen LogP contribution in [-0.2, 0) is 11.0 Å². The van der Waals surface area contributed by atoms with Crippen molar-refractivity contribution in [1.29, 1.82) is 0 Å². The van der Waals surface area contributed by atoms with Crippen LogP contribution < -0.4 is 16.1 Å². The van der Waals surface area contributed by atoms with E-state index in [2.05, 4.69) is 69.3 Å². The Kier molecular flexibility index (Phi) is 5.75. The first-order chi connectivity index (χ1) is 12.8. The van der Waals surface area contributed by atoms with E-state index in [9.17, 15) is 0 Å². The number of anilines is 1. The highest BCUT2D eigenvalue weighted by Gasteiger charge is 2.50. The maximum absolute atomic E-state index is 6.89. The van der Waals surface area contributed by atoms with E-state index < -0.39 is 8.32 Å². The lowest BCUT2D eigenvalue weighted by atomic mass is 10.2. The lowest BCUT2D eigenvalue weighted by Crippen LogP contribution is -2.66. The fraction of sp³-hybridized carbons (Fsp3) is 0.217. The van der Waals surface area contributed by atoms with Gasteiger partial charge in [-0.25, -0.2) is 0 Å². The van der Waals surface area contributed by atoms with E-state index in [1.165, 1.54) is 10.4 Å². The van der Waals surface area contributed by atoms with Crippen molar-refractivity contribution >= 4 is 36.0 Å². The van der Waals surface area contributed by atoms with Crippen molar-refractivity contribution in [2.24, 2.45) is 0 Å². The Bertz CT molecular complexity index is 852. The molecule has 0 bridgehead atoms. The quantitative estimate of drug-likeness (QED) is 0.487. The van der Waals surface area contributed by atoms with Crippen molar-refractivity contribution in [3.63, 3.8) is 0 Å². The van der Waals surface area contributed by atoms with Gasteiger partial charge in [0.1, 0.15) is 0 Å². The first-order valence-electron chi connectivity index (χ1n) is 9.13. The summed E-state index contributed by atoms with van der Waals surface area (Å²) in [6.45, 7) is 7.25. The summed E-state index contributed by atoms with van der Waals surface area (Å²) < 4.78 is 6.89. The number of rotatable bonds is 5. The minimum absolute atomic E-state index is 0.0595. The predicted molar refractivity (Wildman–Crippen MR) is 118 cm³/mol. The molecule has 0 fully saturated rings. The van der Waals surface area contributed by atoms with Gasteiger partial charge in [0.05, 0.1) is 6.61 Å². The molecule has 140 valence electrons. The van der Waals surface area contributed by atoms with Crippen molar-refractivity contribution in [3.8, 4) is 0 Å². The second-order valence-electron chi connectivity index (χ2n) is 7.80. The topological polar surface area (TPSA) is 35.2 Å². The number of benzene rings is 3. The molecule has 3 aromatic rings. The number of hydrogen-bond donors (Lipinski definition) is 1. The molecule has 0 unspecified atom stereocenters. The number of nitrogen functional groups attached to an aromatic ring is 1. The first-order valence-corrected chi connectivity index (χ1v) is 11.4. The normalized spacial score (nSPS) is 12.1. The molecule has 0 aliphatic rings. The van der Waals surface area contributed by atoms with Crippen LogP contribution in [0.5, 0.6) is 0 Å². The SMILES string of the molecule is CC(C)(C)[Si](OCc1ccc(N)cc1Cl)(c1ccccc1)c1ccccc1. The Morgan fingerprint density at radius 2 is 1.37 bits per heavy atom. The second kappa shape index (κ2) is 7.89. The van der Waals surface area contributed by atoms with E-state index in [1.807, 2.05) is 24.3 Å². The molecule has 0 atom stereocenters. The fourth-order valence-corrected chi connectivity index (χ4v) is 8.40. The summed E-state index contributed by atoms with van der Waals surface area (Å²) in [5.74, 6) is 0. The molecule has 0 aromatic heterocycles. The molecule has 0 aliphatic carbocycles. The van der Waals surface area contributed by atoms with E-state index in [1.54, 1.807) is 6.07 Å². The Morgan fingerprint density at radius 1 is 0.852 bits per heavy atom. The molecule has 0 heterocycles. The van der Waals surface area contributed by atoms with Gasteiger partial charge in [0.25, 0.3) is 8.32 Å². The van der Waals surface area contributed by atoms with Crippen molar-refractivity contribution in [3.05, 3.63) is 89.4 Å². The third-order valence-corrected chi connectivity index (χ3v) is 10.3. The molecule has 0 aliphatic heterocycles. The molecular formula is C23H26ClNOSi. The van der Waals surface area contributed by atoms with Gasteiger partial charge in [-0.05, 0) is 33.1 Å². The van der Waals surface area contributed by atoms with Crippen LogP contribution in [0.2, 0.25) is 10.1 Å². The first kappa shape index (κ1) is 19.7. The Balaban J connectivity index is 2.12. The molecule has 0 saturated heterocycles. The van der Waals surface area contributed by atoms with Crippen LogP contribution >= 0.6 is 11.6 Å². The van der Waals surface area contributed by atoms with Crippen molar-refractivity contribution in [2.75, 3.05) is 5.73 Å². The number of nitrogens with two attached hydrogens (primary N) is 1. The predicted octanol–water partition coefficient (Wildman–Crippen LogP) is 5.00. The maximum atomic E-state index is 6.89. The summed E-state index contributed by atoms with van der Waals surface area (Å²) in [6, 6.07) is 26.8. The molecule has 2 nitrogen and oxygen atoms in total. The molecular weight excluding hydrogens is 370 g/mol. The van der Waals surface area contributed by atoms with Crippen LogP contribution in [0.15, 0.2) is 78.9 Å². The van der Waals surface area contributed by atoms with Crippen molar-refractivity contribution in [1.82, 2.24) is 0 Å². The zero-order chi connectivity index (χ0) is 19.5. The van der Waals surface area contributed by atoms with Crippen LogP contribution in [0, 0.1) is 0 Å². The van der Waals surface area contributed by atoms with E-state index in [0.717, 1.165) is 5.56 Å². The van der Waals surface area contributed by atoms with E-state index in [-0.39, 0.29) is 5.04 Å². The van der Waals surface area contributed by atoms with Crippen LogP contribution in [0.3, 0.4) is 0 Å². The highest BCUT2D eigenvalue weighted by atomic mass is 35.5. The zero-order valence-electron chi connectivity index (χ0n) is 16.1. The fourth-order valence-electron chi connectivity index (χ4n) is 3.63. The van der Waals surface area contributed by atoms with Crippen LogP contribution in [0.1, 0.15) is 26.3 Å². The summed E-state index contributed by atoms with van der Waals surface area (Å²) in [7, 11) is -2.56. The lowest BCUT2D eigenvalue weighted by Gasteiger charge is -2.43. The Morgan fingerprint density at radius 3 is 1.81 bits per heavy atom. The monoisotopic (exact) mass is 395 g/mol. The maximum Gasteiger partial charge on any atom is 0.261 e. The number of halogens is 1. The van der Waals surface area contributed by atoms with Crippen molar-refractivity contribution < 1.29 is 4.43 Å². The van der Waals surface area contributed by atoms with E-state index in [4.69, 9.17) is 21.8 Å². The van der Waals surface area contributed by atoms with Gasteiger partial charge in [0.15, 0.2) is 0 Å². The average Bonchev–Trinajstić information content (AvgIpc) is 2.64. The summed E-state index contributed by atoms with van der Waals surface area (Å²) in [4.78, 5) is 0. The van der Waals surface area contributed by atoms with E-state index >= 15 is 0 Å². The zero-order valence-corrected chi connectivity index (χ0v) is 17.8. The standard InChI is InChI=1S/C23H26ClNOSi/c1-23(2,3)27(20-10-6-4-7-11-20,21-12-8-5-9-13-21)26-17-18-14-15-19(25)16-22(18)24/h4-16H,17,25H2,1-3H3. The van der Waals surface area contributed by atoms with Crippen molar-refractivity contribution in [2.45, 2.75) is 32.4 Å². The molecule has 2 N–H and O–H groups in total. The minimum Gasteiger partial charge on any atom is -0.403 e. The largest absolute Gasteiger partial charge is 0.403 e. The summed E-state index contributed by atoms with van der Waals surface area (Å²) in [6.07, 6.45) is 0. The van der Waals surface area contributed by atoms with Gasteiger partial charge < -0.3 is 10.2 Å². The third kappa shape index (κ3) is 3.96. The van der Waals surface area contributed by atoms with Crippen LogP contribution in [0.4, 0.5) is 5.69 Å². The van der Waals surface area contributed by atoms with Crippen LogP contribution in [0.25, 0.3) is 0 Å². The second-order valence-corrected chi connectivity index (χ2v) is 12.5. The number of hydrogen-bond acceptors (Lipinski definition) is 2. The minimum atomic E-state index is -2.56. The smallest absolute Gasteiger partial charge is 0.261 e. The highest BCUT2D eigenvalue weighted by molar-refractivity contribution is 6.99. The summed E-state index contributed by atoms with van der Waals surface area (Å²) >= 11 is 6.42. The third-order valence-electron chi connectivity index (χ3n) is 4.94. The van der Waals surface area contributed by atoms with Gasteiger partial charge in [-0.15, -0.1) is 0 Å². The molecule has 4 heteroatoms. The van der Waals surface area contributed by atoms with Gasteiger partial charge in [0.2, 0.25) is 0 Å². The molecule has 3 aromatic carbocycles. The molecule has 27 heavy (non-hydrogen) atoms. The molecule has 0 spiro atoms. The van der Waals surface area contributed by atoms with Gasteiger partial charge in [-0.3, -0.25) is 0 Å². The molecule has 0 saturated carbocycles. The average molecular weight is 396 g/mol. The Labute approximate surface area is 168 Å². The van der Waals surface area contributed by atoms with Crippen LogP contribution in [-0.4, -0.2) is 8.32 Å². The summed E-state index contributed by atoms with van der Waals surface area (Å²) in [5.41, 5.74) is 7.46. The highest BCUT2D eigenvalue weighted by Crippen LogP contribution is 2.37. The van der Waals surface area contributed by atoms with Gasteiger partial charge in [-0.1, -0.05) is 99.1 Å². The van der Waals surface area contributed by atoms with Gasteiger partial charge >= 0.3 is 0 Å². The Hall–Kier alpha value is -2.07. The summed E-state index contributed by atoms with van der Waals surface area (Å²) in [5, 5.41) is 3.11.